The van der Waals surface area contributed by atoms with Gasteiger partial charge in [-0.05, 0) is 57.2 Å². The number of sulfone groups is 1. The number of rotatable bonds is 5. The number of carbonyl (C=O) groups excluding carboxylic acids is 1. The Labute approximate surface area is 200 Å². The third-order valence-electron chi connectivity index (χ3n) is 5.76. The molecule has 0 spiro atoms. The molecular formula is C25H31N3O5S. The third-order valence-corrected chi connectivity index (χ3v) is 7.50. The number of aromatic nitrogens is 2. The number of benzene rings is 1. The molecule has 34 heavy (non-hydrogen) atoms. The predicted octanol–water partition coefficient (Wildman–Crippen LogP) is 4.60. The van der Waals surface area contributed by atoms with Crippen LogP contribution in [-0.2, 0) is 14.6 Å². The van der Waals surface area contributed by atoms with Crippen LogP contribution in [0, 0.1) is 0 Å². The van der Waals surface area contributed by atoms with Gasteiger partial charge in [-0.1, -0.05) is 6.92 Å². The van der Waals surface area contributed by atoms with Crippen LogP contribution in [0.1, 0.15) is 40.5 Å². The van der Waals surface area contributed by atoms with Gasteiger partial charge < -0.3 is 18.9 Å². The van der Waals surface area contributed by atoms with E-state index in [-0.39, 0.29) is 18.0 Å². The van der Waals surface area contributed by atoms with Gasteiger partial charge in [0, 0.05) is 37.5 Å². The zero-order valence-electron chi connectivity index (χ0n) is 20.0. The number of piperidine rings is 1. The monoisotopic (exact) mass is 485 g/mol. The second kappa shape index (κ2) is 9.29. The lowest BCUT2D eigenvalue weighted by atomic mass is 10.1. The van der Waals surface area contributed by atoms with Gasteiger partial charge >= 0.3 is 6.09 Å². The first-order valence-corrected chi connectivity index (χ1v) is 13.2. The maximum atomic E-state index is 12.2. The van der Waals surface area contributed by atoms with Gasteiger partial charge in [-0.15, -0.1) is 0 Å². The zero-order valence-corrected chi connectivity index (χ0v) is 20.8. The Morgan fingerprint density at radius 2 is 1.85 bits per heavy atom. The summed E-state index contributed by atoms with van der Waals surface area (Å²) >= 11 is 0. The molecule has 0 atom stereocenters. The van der Waals surface area contributed by atoms with Crippen LogP contribution >= 0.6 is 0 Å². The Hall–Kier alpha value is -3.07. The summed E-state index contributed by atoms with van der Waals surface area (Å²) in [6.07, 6.45) is 4.76. The molecule has 4 rings (SSSR count). The molecule has 0 N–H and O–H groups in total. The predicted molar refractivity (Wildman–Crippen MR) is 130 cm³/mol. The molecule has 1 aromatic carbocycles. The first-order valence-electron chi connectivity index (χ1n) is 11.5. The fourth-order valence-corrected chi connectivity index (χ4v) is 4.86. The highest BCUT2D eigenvalue weighted by atomic mass is 32.2. The average molecular weight is 486 g/mol. The highest BCUT2D eigenvalue weighted by molar-refractivity contribution is 7.91. The Morgan fingerprint density at radius 1 is 1.12 bits per heavy atom. The summed E-state index contributed by atoms with van der Waals surface area (Å²) in [6.45, 7) is 8.42. The molecule has 0 bridgehead atoms. The molecule has 1 saturated heterocycles. The fourth-order valence-electron chi connectivity index (χ4n) is 3.94. The minimum atomic E-state index is -3.25. The van der Waals surface area contributed by atoms with Crippen molar-refractivity contribution in [1.82, 2.24) is 14.5 Å². The van der Waals surface area contributed by atoms with Crippen molar-refractivity contribution in [2.24, 2.45) is 0 Å². The van der Waals surface area contributed by atoms with Crippen LogP contribution in [0.2, 0.25) is 0 Å². The number of nitrogens with zero attached hydrogens (tertiary/aromatic N) is 3. The number of hydrogen-bond acceptors (Lipinski definition) is 6. The number of fused-ring (bicyclic) bond motifs is 1. The van der Waals surface area contributed by atoms with Crippen LogP contribution in [0.3, 0.4) is 0 Å². The molecule has 0 saturated carbocycles. The lowest BCUT2D eigenvalue weighted by Gasteiger charge is -2.33. The maximum absolute atomic E-state index is 12.2. The molecule has 0 aliphatic carbocycles. The van der Waals surface area contributed by atoms with Gasteiger partial charge in [-0.25, -0.2) is 18.2 Å². The molecular weight excluding hydrogens is 454 g/mol. The summed E-state index contributed by atoms with van der Waals surface area (Å²) in [5.74, 6) is 1.46. The van der Waals surface area contributed by atoms with Gasteiger partial charge in [-0.2, -0.15) is 0 Å². The number of ether oxygens (including phenoxy) is 2. The molecule has 1 fully saturated rings. The second-order valence-electron chi connectivity index (χ2n) is 9.45. The SMILES string of the molecule is CCS(=O)(=O)c1ccc2c(ccn2-c2ccc(OC3CCN(C(=O)OC(C)(C)C)CC3)cn2)c1. The van der Waals surface area contributed by atoms with Crippen molar-refractivity contribution in [2.75, 3.05) is 18.8 Å². The van der Waals surface area contributed by atoms with E-state index in [0.29, 0.717) is 29.6 Å². The van der Waals surface area contributed by atoms with Crippen molar-refractivity contribution in [2.45, 2.75) is 57.1 Å². The lowest BCUT2D eigenvalue weighted by Crippen LogP contribution is -2.44. The van der Waals surface area contributed by atoms with Crippen LogP contribution in [0.5, 0.6) is 5.75 Å². The summed E-state index contributed by atoms with van der Waals surface area (Å²) < 4.78 is 37.8. The Morgan fingerprint density at radius 3 is 2.47 bits per heavy atom. The molecule has 2 aromatic heterocycles. The quantitative estimate of drug-likeness (QED) is 0.525. The van der Waals surface area contributed by atoms with Gasteiger partial charge in [0.25, 0.3) is 0 Å². The first-order chi connectivity index (χ1) is 16.1. The van der Waals surface area contributed by atoms with Gasteiger partial charge in [0.05, 0.1) is 22.4 Å². The second-order valence-corrected chi connectivity index (χ2v) is 11.7. The number of carbonyl (C=O) groups is 1. The van der Waals surface area contributed by atoms with Crippen LogP contribution in [-0.4, -0.2) is 59.5 Å². The summed E-state index contributed by atoms with van der Waals surface area (Å²) in [7, 11) is -3.25. The van der Waals surface area contributed by atoms with Crippen molar-refractivity contribution in [1.29, 1.82) is 0 Å². The van der Waals surface area contributed by atoms with Crippen LogP contribution in [0.4, 0.5) is 4.79 Å². The summed E-state index contributed by atoms with van der Waals surface area (Å²) in [4.78, 5) is 18.8. The standard InChI is InChI=1S/C25H31N3O5S/c1-5-34(30,31)21-7-8-22-18(16-21)10-15-28(22)23-9-6-20(17-26-23)32-19-11-13-27(14-12-19)24(29)33-25(2,3)4/h6-10,15-17,19H,5,11-14H2,1-4H3. The summed E-state index contributed by atoms with van der Waals surface area (Å²) in [5, 5.41) is 0.841. The van der Waals surface area contributed by atoms with E-state index >= 15 is 0 Å². The summed E-state index contributed by atoms with van der Waals surface area (Å²) in [6, 6.07) is 10.8. The minimum Gasteiger partial charge on any atom is -0.489 e. The molecule has 182 valence electrons. The number of likely N-dealkylation sites (tertiary alicyclic amines) is 1. The normalized spacial score (nSPS) is 15.5. The molecule has 3 heterocycles. The Kier molecular flexibility index (Phi) is 6.58. The van der Waals surface area contributed by atoms with Gasteiger partial charge in [0.1, 0.15) is 23.3 Å². The maximum Gasteiger partial charge on any atom is 0.410 e. The van der Waals surface area contributed by atoms with E-state index in [1.165, 1.54) is 0 Å². The van der Waals surface area contributed by atoms with E-state index in [1.807, 2.05) is 55.8 Å². The number of hydrogen-bond donors (Lipinski definition) is 0. The zero-order chi connectivity index (χ0) is 24.5. The first kappa shape index (κ1) is 24.1. The van der Waals surface area contributed by atoms with Crippen molar-refractivity contribution in [3.8, 4) is 11.6 Å². The molecule has 1 amide bonds. The van der Waals surface area contributed by atoms with Crippen LogP contribution in [0.15, 0.2) is 53.7 Å². The highest BCUT2D eigenvalue weighted by Crippen LogP contribution is 2.25. The molecule has 0 radical (unpaired) electrons. The smallest absolute Gasteiger partial charge is 0.410 e. The van der Waals surface area contributed by atoms with Gasteiger partial charge in [0.2, 0.25) is 0 Å². The summed E-state index contributed by atoms with van der Waals surface area (Å²) in [5.41, 5.74) is 0.379. The van der Waals surface area contributed by atoms with Crippen molar-refractivity contribution in [3.05, 3.63) is 48.8 Å². The van der Waals surface area contributed by atoms with E-state index in [0.717, 1.165) is 23.7 Å². The molecule has 0 unspecified atom stereocenters. The molecule has 8 nitrogen and oxygen atoms in total. The van der Waals surface area contributed by atoms with Crippen molar-refractivity contribution in [3.63, 3.8) is 0 Å². The van der Waals surface area contributed by atoms with E-state index < -0.39 is 15.4 Å². The Balaban J connectivity index is 1.40. The van der Waals surface area contributed by atoms with E-state index in [4.69, 9.17) is 9.47 Å². The molecule has 1 aliphatic rings. The molecule has 3 aromatic rings. The highest BCUT2D eigenvalue weighted by Gasteiger charge is 2.27. The average Bonchev–Trinajstić information content (AvgIpc) is 3.22. The fraction of sp³-hybridized carbons (Fsp3) is 0.440. The number of pyridine rings is 1. The number of amides is 1. The van der Waals surface area contributed by atoms with E-state index in [2.05, 4.69) is 4.98 Å². The third kappa shape index (κ3) is 5.35. The van der Waals surface area contributed by atoms with E-state index in [9.17, 15) is 13.2 Å². The topological polar surface area (TPSA) is 90.7 Å². The molecule has 1 aliphatic heterocycles. The van der Waals surface area contributed by atoms with E-state index in [1.54, 1.807) is 30.2 Å². The van der Waals surface area contributed by atoms with Gasteiger partial charge in [-0.3, -0.25) is 0 Å². The van der Waals surface area contributed by atoms with Crippen LogP contribution < -0.4 is 4.74 Å². The largest absolute Gasteiger partial charge is 0.489 e. The van der Waals surface area contributed by atoms with Gasteiger partial charge in [0.15, 0.2) is 9.84 Å². The van der Waals surface area contributed by atoms with Crippen molar-refractivity contribution < 1.29 is 22.7 Å². The minimum absolute atomic E-state index is 0.0117. The van der Waals surface area contributed by atoms with Crippen LogP contribution in [0.25, 0.3) is 16.7 Å². The molecule has 9 heteroatoms. The Bertz CT molecular complexity index is 1270. The lowest BCUT2D eigenvalue weighted by molar-refractivity contribution is 0.0126. The van der Waals surface area contributed by atoms with Crippen molar-refractivity contribution >= 4 is 26.8 Å².